The number of benzene rings is 2. The standard InChI is InChI=1S/C52H72N4O8/c1-31(2)15-10-17-33(5)19-12-22-51(7)44(53)27-37-42(57)25-35-39(46(37)63-51)29-55(48(35)59)24-14-21-41(50(61)62-9)56-30-40-36(49(56)60)26-43(58)38-28-45(54)52(8,64-47(38)40)23-13-20-34(6)18-11-16-32(3)4/h15-16,19-20,25-26,41,44-45,57-58H,10-14,17-18,21-24,27-30,53-54H2,1-9H3/b33-19+,34-20+/t41-,44?,45?,51+,52+/m0/s1. The molecule has 0 bridgehead atoms. The monoisotopic (exact) mass is 881 g/mol. The topological polar surface area (TPSA) is 178 Å². The van der Waals surface area contributed by atoms with Crippen molar-refractivity contribution in [2.24, 2.45) is 11.5 Å². The van der Waals surface area contributed by atoms with E-state index in [2.05, 4.69) is 65.8 Å². The van der Waals surface area contributed by atoms with Crippen molar-refractivity contribution < 1.29 is 38.8 Å². The van der Waals surface area contributed by atoms with Crippen molar-refractivity contribution in [2.45, 2.75) is 175 Å². The lowest BCUT2D eigenvalue weighted by molar-refractivity contribution is -0.146. The largest absolute Gasteiger partial charge is 0.508 e. The first-order chi connectivity index (χ1) is 30.3. The molecule has 0 fully saturated rings. The molecule has 0 saturated carbocycles. The van der Waals surface area contributed by atoms with Crippen LogP contribution in [0.1, 0.15) is 163 Å². The molecule has 5 atom stereocenters. The molecular weight excluding hydrogens is 809 g/mol. The van der Waals surface area contributed by atoms with Gasteiger partial charge in [0.1, 0.15) is 40.2 Å². The maximum Gasteiger partial charge on any atom is 0.328 e. The van der Waals surface area contributed by atoms with Crippen LogP contribution in [0.4, 0.5) is 0 Å². The zero-order chi connectivity index (χ0) is 46.7. The van der Waals surface area contributed by atoms with E-state index in [1.807, 2.05) is 13.8 Å². The van der Waals surface area contributed by atoms with E-state index in [4.69, 9.17) is 25.7 Å². The lowest BCUT2D eigenvalue weighted by atomic mass is 9.82. The Balaban J connectivity index is 1.12. The van der Waals surface area contributed by atoms with Crippen LogP contribution in [0.15, 0.2) is 58.7 Å². The van der Waals surface area contributed by atoms with Gasteiger partial charge in [0.05, 0.1) is 31.3 Å². The van der Waals surface area contributed by atoms with Crippen molar-refractivity contribution in [2.75, 3.05) is 13.7 Å². The molecule has 6 N–H and O–H groups in total. The molecule has 4 heterocycles. The number of amides is 2. The Morgan fingerprint density at radius 2 is 1.22 bits per heavy atom. The van der Waals surface area contributed by atoms with E-state index in [9.17, 15) is 24.6 Å². The molecule has 0 spiro atoms. The molecule has 4 aliphatic rings. The van der Waals surface area contributed by atoms with Crippen molar-refractivity contribution in [1.29, 1.82) is 0 Å². The molecule has 0 aliphatic carbocycles. The Hall–Kier alpha value is -5.07. The van der Waals surface area contributed by atoms with Crippen LogP contribution in [-0.4, -0.2) is 80.8 Å². The third kappa shape index (κ3) is 10.4. The highest BCUT2D eigenvalue weighted by molar-refractivity contribution is 6.02. The molecule has 2 amide bonds. The van der Waals surface area contributed by atoms with E-state index in [0.29, 0.717) is 65.9 Å². The summed E-state index contributed by atoms with van der Waals surface area (Å²) in [4.78, 5) is 44.6. The van der Waals surface area contributed by atoms with Gasteiger partial charge in [0.15, 0.2) is 0 Å². The molecule has 0 saturated heterocycles. The van der Waals surface area contributed by atoms with Gasteiger partial charge in [-0.05, 0) is 145 Å². The van der Waals surface area contributed by atoms with Crippen molar-refractivity contribution >= 4 is 17.8 Å². The number of hydrogen-bond acceptors (Lipinski definition) is 10. The van der Waals surface area contributed by atoms with E-state index >= 15 is 0 Å². The highest BCUT2D eigenvalue weighted by Gasteiger charge is 2.46. The smallest absolute Gasteiger partial charge is 0.328 e. The molecule has 64 heavy (non-hydrogen) atoms. The quantitative estimate of drug-likeness (QED) is 0.0835. The molecule has 2 unspecified atom stereocenters. The number of carbonyl (C=O) groups excluding carboxylic acids is 3. The highest BCUT2D eigenvalue weighted by Crippen LogP contribution is 2.48. The number of nitrogens with two attached hydrogens (primary N) is 2. The van der Waals surface area contributed by atoms with Crippen molar-refractivity contribution in [3.63, 3.8) is 0 Å². The molecule has 348 valence electrons. The van der Waals surface area contributed by atoms with Crippen LogP contribution in [0.3, 0.4) is 0 Å². The number of rotatable bonds is 18. The lowest BCUT2D eigenvalue weighted by Crippen LogP contribution is -2.54. The van der Waals surface area contributed by atoms with E-state index in [1.54, 1.807) is 4.90 Å². The van der Waals surface area contributed by atoms with Gasteiger partial charge in [-0.3, -0.25) is 9.59 Å². The number of hydrogen-bond donors (Lipinski definition) is 4. The SMILES string of the molecule is COC(=O)[C@H](CCCN1Cc2c(cc(O)c3c2O[C@](C)(CC/C=C(\C)CCC=C(C)C)C(N)C3)C1=O)N1Cc2c(cc(O)c3c2O[C@](C)(CC/C=C(\C)CCC=C(C)C)C(N)C3)C1=O. The third-order valence-corrected chi connectivity index (χ3v) is 13.9. The second kappa shape index (κ2) is 20.0. The third-order valence-electron chi connectivity index (χ3n) is 13.9. The maximum atomic E-state index is 14.1. The molecule has 12 heteroatoms. The minimum absolute atomic E-state index is 0.00788. The van der Waals surface area contributed by atoms with E-state index in [0.717, 1.165) is 44.1 Å². The van der Waals surface area contributed by atoms with Gasteiger partial charge < -0.3 is 45.7 Å². The molecule has 4 aliphatic heterocycles. The minimum Gasteiger partial charge on any atom is -0.508 e. The number of ether oxygens (including phenoxy) is 3. The summed E-state index contributed by atoms with van der Waals surface area (Å²) in [5, 5.41) is 22.3. The van der Waals surface area contributed by atoms with Gasteiger partial charge in [0.2, 0.25) is 0 Å². The van der Waals surface area contributed by atoms with Crippen molar-refractivity contribution in [1.82, 2.24) is 9.80 Å². The Labute approximate surface area is 380 Å². The van der Waals surface area contributed by atoms with E-state index < -0.39 is 29.1 Å². The van der Waals surface area contributed by atoms with Crippen LogP contribution in [0.5, 0.6) is 23.0 Å². The van der Waals surface area contributed by atoms with Crippen LogP contribution in [0.25, 0.3) is 0 Å². The van der Waals surface area contributed by atoms with Crippen molar-refractivity contribution in [3.8, 4) is 23.0 Å². The Kier molecular flexibility index (Phi) is 15.1. The first-order valence-corrected chi connectivity index (χ1v) is 23.2. The Morgan fingerprint density at radius 3 is 1.69 bits per heavy atom. The van der Waals surface area contributed by atoms with Gasteiger partial charge in [-0.1, -0.05) is 46.6 Å². The average Bonchev–Trinajstić information content (AvgIpc) is 3.72. The lowest BCUT2D eigenvalue weighted by Gasteiger charge is -2.41. The second-order valence-electron chi connectivity index (χ2n) is 19.6. The molecule has 0 aromatic heterocycles. The number of phenols is 2. The van der Waals surface area contributed by atoms with Crippen LogP contribution in [-0.2, 0) is 35.5 Å². The Morgan fingerprint density at radius 1 is 0.750 bits per heavy atom. The number of carbonyl (C=O) groups is 3. The van der Waals surface area contributed by atoms with Gasteiger partial charge in [0.25, 0.3) is 11.8 Å². The minimum atomic E-state index is -0.952. The molecule has 2 aromatic rings. The second-order valence-corrected chi connectivity index (χ2v) is 19.6. The molecular formula is C52H72N4O8. The zero-order valence-electron chi connectivity index (χ0n) is 39.7. The summed E-state index contributed by atoms with van der Waals surface area (Å²) >= 11 is 0. The number of methoxy groups -OCH3 is 1. The van der Waals surface area contributed by atoms with Crippen LogP contribution < -0.4 is 20.9 Å². The fraction of sp³-hybridized carbons (Fsp3) is 0.558. The molecule has 2 aromatic carbocycles. The summed E-state index contributed by atoms with van der Waals surface area (Å²) in [6.07, 6.45) is 17.2. The fourth-order valence-electron chi connectivity index (χ4n) is 9.63. The number of aromatic hydroxyl groups is 2. The number of allylic oxidation sites excluding steroid dienone is 8. The van der Waals surface area contributed by atoms with E-state index in [1.165, 1.54) is 46.4 Å². The molecule has 0 radical (unpaired) electrons. The van der Waals surface area contributed by atoms with E-state index in [-0.39, 0.29) is 61.1 Å². The molecule has 6 rings (SSSR count). The number of nitrogens with zero attached hydrogens (tertiary/aromatic N) is 2. The first kappa shape index (κ1) is 48.4. The first-order valence-electron chi connectivity index (χ1n) is 23.2. The van der Waals surface area contributed by atoms with Crippen LogP contribution >= 0.6 is 0 Å². The normalized spacial score (nSPS) is 23.1. The summed E-state index contributed by atoms with van der Waals surface area (Å²) in [5.74, 6) is -0.302. The summed E-state index contributed by atoms with van der Waals surface area (Å²) in [6, 6.07) is 1.29. The van der Waals surface area contributed by atoms with Gasteiger partial charge in [-0.25, -0.2) is 4.79 Å². The number of esters is 1. The van der Waals surface area contributed by atoms with Gasteiger partial charge in [-0.2, -0.15) is 0 Å². The van der Waals surface area contributed by atoms with Crippen LogP contribution in [0, 0.1) is 0 Å². The summed E-state index contributed by atoms with van der Waals surface area (Å²) < 4.78 is 18.7. The fourth-order valence-corrected chi connectivity index (χ4v) is 9.63. The Bertz CT molecular complexity index is 2250. The number of fused-ring (bicyclic) bond motifs is 6. The van der Waals surface area contributed by atoms with Crippen molar-refractivity contribution in [3.05, 3.63) is 92.1 Å². The van der Waals surface area contributed by atoms with Gasteiger partial charge in [0, 0.05) is 40.9 Å². The maximum absolute atomic E-state index is 14.1. The van der Waals surface area contributed by atoms with Crippen LogP contribution in [0.2, 0.25) is 0 Å². The van der Waals surface area contributed by atoms with Gasteiger partial charge in [-0.15, -0.1) is 0 Å². The average molecular weight is 881 g/mol. The zero-order valence-corrected chi connectivity index (χ0v) is 39.7. The summed E-state index contributed by atoms with van der Waals surface area (Å²) in [5.41, 5.74) is 20.4. The predicted molar refractivity (Wildman–Crippen MR) is 251 cm³/mol. The summed E-state index contributed by atoms with van der Waals surface area (Å²) in [6.45, 7) is 17.3. The highest BCUT2D eigenvalue weighted by atomic mass is 16.5. The molecule has 12 nitrogen and oxygen atoms in total. The van der Waals surface area contributed by atoms with Gasteiger partial charge >= 0.3 is 5.97 Å². The summed E-state index contributed by atoms with van der Waals surface area (Å²) in [7, 11) is 1.30. The predicted octanol–water partition coefficient (Wildman–Crippen LogP) is 9.02. The number of phenolic OH excluding ortho intramolecular Hbond substituents is 2.